The smallest absolute Gasteiger partial charge is 0.0757 e. The highest BCUT2D eigenvalue weighted by Gasteiger charge is 2.10. The molecule has 0 fully saturated rings. The molecule has 0 saturated heterocycles. The van der Waals surface area contributed by atoms with Gasteiger partial charge < -0.3 is 5.32 Å². The zero-order chi connectivity index (χ0) is 13.0. The molecule has 0 aliphatic heterocycles. The van der Waals surface area contributed by atoms with Crippen LogP contribution in [0.15, 0.2) is 30.3 Å². The number of rotatable bonds is 2. The van der Waals surface area contributed by atoms with E-state index in [1.807, 2.05) is 49.0 Å². The Morgan fingerprint density at radius 2 is 1.94 bits per heavy atom. The van der Waals surface area contributed by atoms with Crippen molar-refractivity contribution in [1.82, 2.24) is 15.1 Å². The van der Waals surface area contributed by atoms with Crippen LogP contribution in [0.25, 0.3) is 5.69 Å². The Balaban J connectivity index is 2.42. The maximum absolute atomic E-state index is 4.55. The summed E-state index contributed by atoms with van der Waals surface area (Å²) in [4.78, 5) is 0. The van der Waals surface area contributed by atoms with Gasteiger partial charge in [-0.1, -0.05) is 30.0 Å². The van der Waals surface area contributed by atoms with E-state index < -0.39 is 0 Å². The average molecular weight is 239 g/mol. The summed E-state index contributed by atoms with van der Waals surface area (Å²) in [7, 11) is 1.89. The van der Waals surface area contributed by atoms with Gasteiger partial charge in [-0.05, 0) is 33.0 Å². The first kappa shape index (κ1) is 12.4. The molecule has 1 N–H and O–H groups in total. The third-order valence-corrected chi connectivity index (χ3v) is 2.77. The Kier molecular flexibility index (Phi) is 3.81. The summed E-state index contributed by atoms with van der Waals surface area (Å²) in [5.74, 6) is 6.26. The van der Waals surface area contributed by atoms with E-state index in [0.29, 0.717) is 6.54 Å². The Labute approximate surface area is 108 Å². The Morgan fingerprint density at radius 1 is 1.22 bits per heavy atom. The fourth-order valence-electron chi connectivity index (χ4n) is 1.87. The van der Waals surface area contributed by atoms with Gasteiger partial charge in [0, 0.05) is 0 Å². The number of aromatic nitrogens is 2. The lowest BCUT2D eigenvalue weighted by Gasteiger charge is -2.03. The molecule has 1 heterocycles. The monoisotopic (exact) mass is 239 g/mol. The van der Waals surface area contributed by atoms with Gasteiger partial charge in [0.25, 0.3) is 0 Å². The summed E-state index contributed by atoms with van der Waals surface area (Å²) in [6.45, 7) is 4.74. The normalized spacial score (nSPS) is 9.94. The van der Waals surface area contributed by atoms with E-state index >= 15 is 0 Å². The number of nitrogens with one attached hydrogen (secondary N) is 1. The number of benzene rings is 1. The molecule has 3 nitrogen and oxygen atoms in total. The van der Waals surface area contributed by atoms with E-state index in [4.69, 9.17) is 0 Å². The van der Waals surface area contributed by atoms with Crippen molar-refractivity contribution < 1.29 is 0 Å². The van der Waals surface area contributed by atoms with Gasteiger partial charge in [0.2, 0.25) is 0 Å². The zero-order valence-corrected chi connectivity index (χ0v) is 11.0. The predicted octanol–water partition coefficient (Wildman–Crippen LogP) is 2.06. The summed E-state index contributed by atoms with van der Waals surface area (Å²) in [6.07, 6.45) is 0. The van der Waals surface area contributed by atoms with Crippen molar-refractivity contribution in [1.29, 1.82) is 0 Å². The summed E-state index contributed by atoms with van der Waals surface area (Å²) >= 11 is 0. The molecule has 0 spiro atoms. The van der Waals surface area contributed by atoms with Crippen LogP contribution < -0.4 is 5.32 Å². The average Bonchev–Trinajstić information content (AvgIpc) is 2.68. The molecular weight excluding hydrogens is 222 g/mol. The van der Waals surface area contributed by atoms with E-state index in [1.165, 1.54) is 0 Å². The topological polar surface area (TPSA) is 29.9 Å². The summed E-state index contributed by atoms with van der Waals surface area (Å²) in [5.41, 5.74) is 4.15. The van der Waals surface area contributed by atoms with Gasteiger partial charge in [-0.25, -0.2) is 4.68 Å². The molecule has 1 aromatic heterocycles. The van der Waals surface area contributed by atoms with E-state index in [0.717, 1.165) is 22.6 Å². The van der Waals surface area contributed by atoms with Crippen LogP contribution in [0.2, 0.25) is 0 Å². The molecule has 0 bridgehead atoms. The van der Waals surface area contributed by atoms with E-state index in [1.54, 1.807) is 0 Å². The van der Waals surface area contributed by atoms with Gasteiger partial charge in [-0.2, -0.15) is 5.10 Å². The van der Waals surface area contributed by atoms with Crippen molar-refractivity contribution in [2.75, 3.05) is 13.6 Å². The first-order valence-electron chi connectivity index (χ1n) is 5.99. The number of para-hydroxylation sites is 1. The molecule has 0 amide bonds. The van der Waals surface area contributed by atoms with Gasteiger partial charge in [0.1, 0.15) is 0 Å². The molecule has 2 rings (SSSR count). The maximum atomic E-state index is 4.55. The second-order valence-electron chi connectivity index (χ2n) is 4.13. The second-order valence-corrected chi connectivity index (χ2v) is 4.13. The highest BCUT2D eigenvalue weighted by molar-refractivity contribution is 5.45. The van der Waals surface area contributed by atoms with Gasteiger partial charge in [0.15, 0.2) is 0 Å². The van der Waals surface area contributed by atoms with Crippen LogP contribution in [0, 0.1) is 25.7 Å². The van der Waals surface area contributed by atoms with Crippen LogP contribution in [0.3, 0.4) is 0 Å². The fourth-order valence-corrected chi connectivity index (χ4v) is 1.87. The Morgan fingerprint density at radius 3 is 2.61 bits per heavy atom. The third kappa shape index (κ3) is 2.44. The molecule has 2 aromatic rings. The quantitative estimate of drug-likeness (QED) is 0.813. The van der Waals surface area contributed by atoms with Crippen LogP contribution in [-0.2, 0) is 0 Å². The molecule has 0 radical (unpaired) electrons. The van der Waals surface area contributed by atoms with Crippen LogP contribution in [0.4, 0.5) is 0 Å². The lowest BCUT2D eigenvalue weighted by molar-refractivity contribution is 0.833. The minimum absolute atomic E-state index is 0.690. The number of hydrogen-bond donors (Lipinski definition) is 1. The minimum Gasteiger partial charge on any atom is -0.309 e. The Bertz CT molecular complexity index is 585. The predicted molar refractivity (Wildman–Crippen MR) is 73.8 cm³/mol. The number of hydrogen-bond acceptors (Lipinski definition) is 2. The van der Waals surface area contributed by atoms with Crippen molar-refractivity contribution in [3.63, 3.8) is 0 Å². The van der Waals surface area contributed by atoms with Gasteiger partial charge in [-0.15, -0.1) is 0 Å². The molecule has 18 heavy (non-hydrogen) atoms. The summed E-state index contributed by atoms with van der Waals surface area (Å²) in [5, 5.41) is 7.57. The van der Waals surface area contributed by atoms with Gasteiger partial charge >= 0.3 is 0 Å². The first-order chi connectivity index (χ1) is 8.74. The molecular formula is C15H17N3. The van der Waals surface area contributed by atoms with Crippen LogP contribution in [-0.4, -0.2) is 23.4 Å². The van der Waals surface area contributed by atoms with E-state index in [2.05, 4.69) is 29.2 Å². The molecule has 0 aliphatic rings. The third-order valence-electron chi connectivity index (χ3n) is 2.77. The zero-order valence-electron chi connectivity index (χ0n) is 11.0. The van der Waals surface area contributed by atoms with Crippen LogP contribution in [0.5, 0.6) is 0 Å². The minimum atomic E-state index is 0.690. The number of nitrogens with zero attached hydrogens (tertiary/aromatic N) is 2. The largest absolute Gasteiger partial charge is 0.309 e. The van der Waals surface area contributed by atoms with Crippen molar-refractivity contribution in [3.05, 3.63) is 47.3 Å². The molecule has 3 heteroatoms. The highest BCUT2D eigenvalue weighted by atomic mass is 15.3. The lowest BCUT2D eigenvalue weighted by atomic mass is 10.2. The summed E-state index contributed by atoms with van der Waals surface area (Å²) in [6, 6.07) is 10.1. The Hall–Kier alpha value is -2.05. The first-order valence-corrected chi connectivity index (χ1v) is 5.99. The molecule has 0 saturated carbocycles. The van der Waals surface area contributed by atoms with Crippen LogP contribution >= 0.6 is 0 Å². The van der Waals surface area contributed by atoms with E-state index in [-0.39, 0.29) is 0 Å². The van der Waals surface area contributed by atoms with Crippen molar-refractivity contribution >= 4 is 0 Å². The maximum Gasteiger partial charge on any atom is 0.0757 e. The molecule has 92 valence electrons. The van der Waals surface area contributed by atoms with Crippen molar-refractivity contribution in [2.45, 2.75) is 13.8 Å². The van der Waals surface area contributed by atoms with Crippen molar-refractivity contribution in [3.8, 4) is 17.5 Å². The van der Waals surface area contributed by atoms with Crippen molar-refractivity contribution in [2.24, 2.45) is 0 Å². The molecule has 1 aromatic carbocycles. The van der Waals surface area contributed by atoms with Crippen LogP contribution in [0.1, 0.15) is 17.0 Å². The van der Waals surface area contributed by atoms with Gasteiger partial charge in [0.05, 0.1) is 29.2 Å². The second kappa shape index (κ2) is 5.52. The SMILES string of the molecule is CNCC#Cc1c(C)nn(-c2ccccc2)c1C. The van der Waals surface area contributed by atoms with Gasteiger partial charge in [-0.3, -0.25) is 0 Å². The molecule has 0 atom stereocenters. The molecule has 0 aliphatic carbocycles. The lowest BCUT2D eigenvalue weighted by Crippen LogP contribution is -2.04. The van der Waals surface area contributed by atoms with E-state index in [9.17, 15) is 0 Å². The highest BCUT2D eigenvalue weighted by Crippen LogP contribution is 2.16. The molecule has 0 unspecified atom stereocenters. The summed E-state index contributed by atoms with van der Waals surface area (Å²) < 4.78 is 1.94. The standard InChI is InChI=1S/C15H17N3/c1-12-15(10-7-11-16-3)13(2)18(17-12)14-8-5-4-6-9-14/h4-6,8-9,16H,11H2,1-3H3. The number of aryl methyl sites for hydroxylation is 1. The fraction of sp³-hybridized carbons (Fsp3) is 0.267.